The van der Waals surface area contributed by atoms with Crippen LogP contribution in [-0.2, 0) is 4.79 Å². The van der Waals surface area contributed by atoms with Crippen LogP contribution in [0.5, 0.6) is 0 Å². The average molecular weight is 255 g/mol. The lowest BCUT2D eigenvalue weighted by Gasteiger charge is -2.07. The van der Waals surface area contributed by atoms with Crippen LogP contribution >= 0.6 is 0 Å². The Morgan fingerprint density at radius 1 is 1.21 bits per heavy atom. The molecule has 1 heterocycles. The van der Waals surface area contributed by atoms with E-state index in [1.807, 2.05) is 24.3 Å². The predicted octanol–water partition coefficient (Wildman–Crippen LogP) is 1.75. The van der Waals surface area contributed by atoms with Crippen molar-refractivity contribution in [2.75, 3.05) is 11.9 Å². The Kier molecular flexibility index (Phi) is 4.23. The zero-order valence-corrected chi connectivity index (χ0v) is 10.2. The van der Waals surface area contributed by atoms with Gasteiger partial charge < -0.3 is 15.4 Å². The molecule has 5 nitrogen and oxygen atoms in total. The number of hydrogen-bond donors (Lipinski definition) is 2. The summed E-state index contributed by atoms with van der Waals surface area (Å²) in [7, 11) is 0. The summed E-state index contributed by atoms with van der Waals surface area (Å²) in [6.07, 6.45) is 2.33. The summed E-state index contributed by atoms with van der Waals surface area (Å²) in [5, 5.41) is 5.58. The van der Waals surface area contributed by atoms with Gasteiger partial charge in [-0.2, -0.15) is 0 Å². The summed E-state index contributed by atoms with van der Waals surface area (Å²) < 4.78 is 0. The van der Waals surface area contributed by atoms with Gasteiger partial charge in [0.25, 0.3) is 5.91 Å². The summed E-state index contributed by atoms with van der Waals surface area (Å²) in [6, 6.07) is 12.5. The summed E-state index contributed by atoms with van der Waals surface area (Å²) in [6.45, 7) is 0.0106. The molecule has 1 amide bonds. The number of hydrogen-bond acceptors (Lipinski definition) is 4. The number of aldehydes is 1. The highest BCUT2D eigenvalue weighted by atomic mass is 16.2. The molecule has 1 aromatic carbocycles. The smallest absolute Gasteiger partial charge is 0.251 e. The standard InChI is InChI=1S/C14H13N3O2/c18-9-8-16-14(19)11-4-3-5-12(10-11)17-13-6-1-2-7-15-13/h1-7,9-10H,8H2,(H,15,17)(H,16,19). The number of amides is 1. The molecule has 0 atom stereocenters. The van der Waals surface area contributed by atoms with Crippen molar-refractivity contribution in [3.05, 3.63) is 54.2 Å². The van der Waals surface area contributed by atoms with Gasteiger partial charge in [-0.25, -0.2) is 4.98 Å². The number of rotatable bonds is 5. The summed E-state index contributed by atoms with van der Waals surface area (Å²) >= 11 is 0. The van der Waals surface area contributed by atoms with E-state index in [0.717, 1.165) is 5.69 Å². The van der Waals surface area contributed by atoms with E-state index in [9.17, 15) is 9.59 Å². The fourth-order valence-corrected chi connectivity index (χ4v) is 1.56. The molecule has 1 aromatic heterocycles. The molecule has 2 aromatic rings. The molecule has 0 saturated heterocycles. The van der Waals surface area contributed by atoms with Gasteiger partial charge in [0.2, 0.25) is 0 Å². The third-order valence-electron chi connectivity index (χ3n) is 2.41. The van der Waals surface area contributed by atoms with E-state index in [4.69, 9.17) is 0 Å². The molecule has 0 fully saturated rings. The first-order valence-corrected chi connectivity index (χ1v) is 5.79. The van der Waals surface area contributed by atoms with Crippen molar-refractivity contribution in [2.24, 2.45) is 0 Å². The van der Waals surface area contributed by atoms with Gasteiger partial charge in [0, 0.05) is 17.4 Å². The van der Waals surface area contributed by atoms with Crippen molar-refractivity contribution >= 4 is 23.7 Å². The SMILES string of the molecule is O=CCNC(=O)c1cccc(Nc2ccccn2)c1. The number of benzene rings is 1. The van der Waals surface area contributed by atoms with Gasteiger partial charge in [-0.1, -0.05) is 12.1 Å². The minimum absolute atomic E-state index is 0.0106. The Morgan fingerprint density at radius 2 is 2.11 bits per heavy atom. The summed E-state index contributed by atoms with van der Waals surface area (Å²) in [4.78, 5) is 26.0. The van der Waals surface area contributed by atoms with Gasteiger partial charge in [0.05, 0.1) is 6.54 Å². The number of carbonyl (C=O) groups is 2. The number of aromatic nitrogens is 1. The normalized spacial score (nSPS) is 9.68. The van der Waals surface area contributed by atoms with Crippen LogP contribution in [0.15, 0.2) is 48.7 Å². The van der Waals surface area contributed by atoms with Gasteiger partial charge in [0.1, 0.15) is 12.1 Å². The fraction of sp³-hybridized carbons (Fsp3) is 0.0714. The molecule has 0 radical (unpaired) electrons. The summed E-state index contributed by atoms with van der Waals surface area (Å²) in [5.41, 5.74) is 1.25. The lowest BCUT2D eigenvalue weighted by atomic mass is 10.2. The number of nitrogens with zero attached hydrogens (tertiary/aromatic N) is 1. The Morgan fingerprint density at radius 3 is 2.84 bits per heavy atom. The van der Waals surface area contributed by atoms with E-state index < -0.39 is 0 Å². The highest BCUT2D eigenvalue weighted by molar-refractivity contribution is 5.96. The molecule has 19 heavy (non-hydrogen) atoms. The second kappa shape index (κ2) is 6.30. The maximum atomic E-state index is 11.7. The van der Waals surface area contributed by atoms with Crippen molar-refractivity contribution in [1.29, 1.82) is 0 Å². The molecular weight excluding hydrogens is 242 g/mol. The van der Waals surface area contributed by atoms with Gasteiger partial charge in [-0.05, 0) is 30.3 Å². The first-order chi connectivity index (χ1) is 9.29. The zero-order valence-electron chi connectivity index (χ0n) is 10.2. The Balaban J connectivity index is 2.11. The lowest BCUT2D eigenvalue weighted by molar-refractivity contribution is -0.107. The van der Waals surface area contributed by atoms with Crippen LogP contribution in [0.2, 0.25) is 0 Å². The third-order valence-corrected chi connectivity index (χ3v) is 2.41. The molecule has 96 valence electrons. The van der Waals surface area contributed by atoms with Gasteiger partial charge >= 0.3 is 0 Å². The monoisotopic (exact) mass is 255 g/mol. The molecule has 0 unspecified atom stereocenters. The van der Waals surface area contributed by atoms with E-state index in [1.54, 1.807) is 24.4 Å². The van der Waals surface area contributed by atoms with Crippen LogP contribution in [0, 0.1) is 0 Å². The van der Waals surface area contributed by atoms with Crippen molar-refractivity contribution in [1.82, 2.24) is 10.3 Å². The van der Waals surface area contributed by atoms with Crippen LogP contribution in [0.1, 0.15) is 10.4 Å². The fourth-order valence-electron chi connectivity index (χ4n) is 1.56. The van der Waals surface area contributed by atoms with Crippen LogP contribution in [0.3, 0.4) is 0 Å². The highest BCUT2D eigenvalue weighted by Gasteiger charge is 2.05. The second-order valence-electron chi connectivity index (χ2n) is 3.80. The highest BCUT2D eigenvalue weighted by Crippen LogP contribution is 2.15. The second-order valence-corrected chi connectivity index (χ2v) is 3.80. The first kappa shape index (κ1) is 12.8. The molecule has 0 aliphatic rings. The predicted molar refractivity (Wildman–Crippen MR) is 72.4 cm³/mol. The molecule has 0 saturated carbocycles. The van der Waals surface area contributed by atoms with Crippen LogP contribution < -0.4 is 10.6 Å². The van der Waals surface area contributed by atoms with Gasteiger partial charge in [-0.3, -0.25) is 4.79 Å². The lowest BCUT2D eigenvalue weighted by Crippen LogP contribution is -2.25. The molecule has 0 spiro atoms. The van der Waals surface area contributed by atoms with Crippen LogP contribution in [0.25, 0.3) is 0 Å². The number of pyridine rings is 1. The summed E-state index contributed by atoms with van der Waals surface area (Å²) in [5.74, 6) is 0.421. The molecule has 2 N–H and O–H groups in total. The molecule has 0 aliphatic carbocycles. The Bertz CT molecular complexity index is 570. The van der Waals surface area contributed by atoms with E-state index in [2.05, 4.69) is 15.6 Å². The maximum Gasteiger partial charge on any atom is 0.251 e. The molecule has 0 aliphatic heterocycles. The van der Waals surface area contributed by atoms with Crippen molar-refractivity contribution in [3.8, 4) is 0 Å². The van der Waals surface area contributed by atoms with Crippen molar-refractivity contribution in [3.63, 3.8) is 0 Å². The van der Waals surface area contributed by atoms with Gasteiger partial charge in [-0.15, -0.1) is 0 Å². The Hall–Kier alpha value is -2.69. The molecule has 5 heteroatoms. The van der Waals surface area contributed by atoms with Crippen molar-refractivity contribution in [2.45, 2.75) is 0 Å². The average Bonchev–Trinajstić information content (AvgIpc) is 2.46. The number of anilines is 2. The van der Waals surface area contributed by atoms with E-state index in [0.29, 0.717) is 17.7 Å². The first-order valence-electron chi connectivity index (χ1n) is 5.79. The molecule has 0 bridgehead atoms. The molecular formula is C14H13N3O2. The van der Waals surface area contributed by atoms with Gasteiger partial charge in [0.15, 0.2) is 0 Å². The van der Waals surface area contributed by atoms with E-state index in [-0.39, 0.29) is 12.5 Å². The Labute approximate surface area is 110 Å². The van der Waals surface area contributed by atoms with Crippen LogP contribution in [-0.4, -0.2) is 23.7 Å². The third kappa shape index (κ3) is 3.64. The van der Waals surface area contributed by atoms with E-state index in [1.165, 1.54) is 0 Å². The molecule has 2 rings (SSSR count). The minimum Gasteiger partial charge on any atom is -0.345 e. The van der Waals surface area contributed by atoms with E-state index >= 15 is 0 Å². The van der Waals surface area contributed by atoms with Crippen LogP contribution in [0.4, 0.5) is 11.5 Å². The van der Waals surface area contributed by atoms with Crippen molar-refractivity contribution < 1.29 is 9.59 Å². The number of nitrogens with one attached hydrogen (secondary N) is 2. The largest absolute Gasteiger partial charge is 0.345 e. The quantitative estimate of drug-likeness (QED) is 0.798. The zero-order chi connectivity index (χ0) is 13.5. The maximum absolute atomic E-state index is 11.7. The number of carbonyl (C=O) groups excluding carboxylic acids is 2. The topological polar surface area (TPSA) is 71.1 Å². The minimum atomic E-state index is -0.281.